The molecule has 0 heterocycles. The lowest BCUT2D eigenvalue weighted by atomic mass is 10.1. The first-order chi connectivity index (χ1) is 10.7. The molecule has 0 spiro atoms. The highest BCUT2D eigenvalue weighted by Gasteiger charge is 2.02. The fourth-order valence-electron chi connectivity index (χ4n) is 1.90. The SMILES string of the molecule is COc1ccccc1/C=C/C(=O)OCc1cccc(C#N)c1. The summed E-state index contributed by atoms with van der Waals surface area (Å²) in [4.78, 5) is 11.7. The van der Waals surface area contributed by atoms with Crippen LogP contribution in [0.2, 0.25) is 0 Å². The van der Waals surface area contributed by atoms with Crippen molar-refractivity contribution in [2.24, 2.45) is 0 Å². The zero-order chi connectivity index (χ0) is 15.8. The molecule has 0 amide bonds. The van der Waals surface area contributed by atoms with Gasteiger partial charge in [-0.1, -0.05) is 30.3 Å². The fraction of sp³-hybridized carbons (Fsp3) is 0.111. The Labute approximate surface area is 129 Å². The van der Waals surface area contributed by atoms with Crippen molar-refractivity contribution < 1.29 is 14.3 Å². The smallest absolute Gasteiger partial charge is 0.331 e. The lowest BCUT2D eigenvalue weighted by molar-refractivity contribution is -0.138. The van der Waals surface area contributed by atoms with E-state index in [2.05, 4.69) is 0 Å². The molecule has 2 rings (SSSR count). The van der Waals surface area contributed by atoms with Gasteiger partial charge in [0, 0.05) is 11.6 Å². The van der Waals surface area contributed by atoms with Crippen LogP contribution < -0.4 is 4.74 Å². The van der Waals surface area contributed by atoms with Crippen molar-refractivity contribution in [3.63, 3.8) is 0 Å². The van der Waals surface area contributed by atoms with E-state index in [1.54, 1.807) is 37.5 Å². The predicted molar refractivity (Wildman–Crippen MR) is 83.0 cm³/mol. The Balaban J connectivity index is 1.95. The fourth-order valence-corrected chi connectivity index (χ4v) is 1.90. The van der Waals surface area contributed by atoms with Gasteiger partial charge in [0.15, 0.2) is 0 Å². The van der Waals surface area contributed by atoms with Crippen molar-refractivity contribution in [3.05, 3.63) is 71.3 Å². The minimum Gasteiger partial charge on any atom is -0.496 e. The summed E-state index contributed by atoms with van der Waals surface area (Å²) in [6.07, 6.45) is 3.00. The number of esters is 1. The number of benzene rings is 2. The maximum absolute atomic E-state index is 11.7. The number of nitrogens with zero attached hydrogens (tertiary/aromatic N) is 1. The zero-order valence-electron chi connectivity index (χ0n) is 12.2. The van der Waals surface area contributed by atoms with E-state index in [-0.39, 0.29) is 6.61 Å². The second-order valence-corrected chi connectivity index (χ2v) is 4.50. The first-order valence-corrected chi connectivity index (χ1v) is 6.70. The van der Waals surface area contributed by atoms with Gasteiger partial charge in [-0.25, -0.2) is 4.79 Å². The molecule has 0 saturated carbocycles. The Hall–Kier alpha value is -3.06. The quantitative estimate of drug-likeness (QED) is 0.626. The van der Waals surface area contributed by atoms with E-state index in [0.29, 0.717) is 11.3 Å². The third kappa shape index (κ3) is 4.22. The van der Waals surface area contributed by atoms with Crippen molar-refractivity contribution in [1.82, 2.24) is 0 Å². The molecule has 0 aliphatic carbocycles. The zero-order valence-corrected chi connectivity index (χ0v) is 12.2. The summed E-state index contributed by atoms with van der Waals surface area (Å²) >= 11 is 0. The maximum atomic E-state index is 11.7. The molecule has 0 fully saturated rings. The van der Waals surface area contributed by atoms with Crippen molar-refractivity contribution in [3.8, 4) is 11.8 Å². The molecule has 0 atom stereocenters. The molecule has 0 saturated heterocycles. The summed E-state index contributed by atoms with van der Waals surface area (Å²) in [5.41, 5.74) is 2.12. The number of nitriles is 1. The maximum Gasteiger partial charge on any atom is 0.331 e. The molecule has 4 heteroatoms. The first-order valence-electron chi connectivity index (χ1n) is 6.70. The summed E-state index contributed by atoms with van der Waals surface area (Å²) in [7, 11) is 1.58. The van der Waals surface area contributed by atoms with Crippen molar-refractivity contribution >= 4 is 12.0 Å². The summed E-state index contributed by atoms with van der Waals surface area (Å²) < 4.78 is 10.3. The van der Waals surface area contributed by atoms with Crippen LogP contribution in [0.5, 0.6) is 5.75 Å². The first kappa shape index (κ1) is 15.3. The van der Waals surface area contributed by atoms with E-state index in [9.17, 15) is 4.79 Å². The van der Waals surface area contributed by atoms with Crippen molar-refractivity contribution in [2.75, 3.05) is 7.11 Å². The predicted octanol–water partition coefficient (Wildman–Crippen LogP) is 3.32. The Morgan fingerprint density at radius 1 is 1.23 bits per heavy atom. The van der Waals surface area contributed by atoms with Crippen molar-refractivity contribution in [1.29, 1.82) is 5.26 Å². The highest BCUT2D eigenvalue weighted by atomic mass is 16.5. The minimum atomic E-state index is -0.451. The molecule has 4 nitrogen and oxygen atoms in total. The Morgan fingerprint density at radius 2 is 2.05 bits per heavy atom. The van der Waals surface area contributed by atoms with Crippen molar-refractivity contribution in [2.45, 2.75) is 6.61 Å². The average molecular weight is 293 g/mol. The highest BCUT2D eigenvalue weighted by Crippen LogP contribution is 2.18. The van der Waals surface area contributed by atoms with Crippen LogP contribution in [0.25, 0.3) is 6.08 Å². The van der Waals surface area contributed by atoms with E-state index < -0.39 is 5.97 Å². The van der Waals surface area contributed by atoms with E-state index in [0.717, 1.165) is 11.1 Å². The van der Waals surface area contributed by atoms with E-state index >= 15 is 0 Å². The van der Waals surface area contributed by atoms with E-state index in [1.807, 2.05) is 30.3 Å². The molecule has 0 aliphatic rings. The number of ether oxygens (including phenoxy) is 2. The standard InChI is InChI=1S/C18H15NO3/c1-21-17-8-3-2-7-16(17)9-10-18(20)22-13-15-6-4-5-14(11-15)12-19/h2-11H,13H2,1H3/b10-9+. The largest absolute Gasteiger partial charge is 0.496 e. The third-order valence-electron chi connectivity index (χ3n) is 2.98. The molecule has 0 radical (unpaired) electrons. The number of hydrogen-bond donors (Lipinski definition) is 0. The van der Waals surface area contributed by atoms with Gasteiger partial charge in [0.2, 0.25) is 0 Å². The van der Waals surface area contributed by atoms with Crippen LogP contribution in [-0.2, 0) is 16.1 Å². The number of methoxy groups -OCH3 is 1. The van der Waals surface area contributed by atoms with Crippen LogP contribution in [-0.4, -0.2) is 13.1 Å². The summed E-state index contributed by atoms with van der Waals surface area (Å²) in [5, 5.41) is 8.82. The molecule has 2 aromatic rings. The Bertz CT molecular complexity index is 729. The third-order valence-corrected chi connectivity index (χ3v) is 2.98. The van der Waals surface area contributed by atoms with Crippen LogP contribution in [0.4, 0.5) is 0 Å². The second-order valence-electron chi connectivity index (χ2n) is 4.50. The molecular weight excluding hydrogens is 278 g/mol. The second kappa shape index (κ2) is 7.65. The van der Waals surface area contributed by atoms with E-state index in [1.165, 1.54) is 6.08 Å². The van der Waals surface area contributed by atoms with Crippen LogP contribution in [0.3, 0.4) is 0 Å². The van der Waals surface area contributed by atoms with Gasteiger partial charge in [0.25, 0.3) is 0 Å². The number of carbonyl (C=O) groups is 1. The topological polar surface area (TPSA) is 59.3 Å². The van der Waals surface area contributed by atoms with Gasteiger partial charge in [-0.05, 0) is 29.8 Å². The molecule has 0 bridgehead atoms. The molecule has 2 aromatic carbocycles. The molecular formula is C18H15NO3. The number of para-hydroxylation sites is 1. The van der Waals surface area contributed by atoms with E-state index in [4.69, 9.17) is 14.7 Å². The Morgan fingerprint density at radius 3 is 2.82 bits per heavy atom. The lowest BCUT2D eigenvalue weighted by Gasteiger charge is -2.04. The molecule has 0 aromatic heterocycles. The summed E-state index contributed by atoms with van der Waals surface area (Å²) in [6, 6.07) is 16.4. The monoisotopic (exact) mass is 293 g/mol. The molecule has 0 aliphatic heterocycles. The number of carbonyl (C=O) groups excluding carboxylic acids is 1. The number of hydrogen-bond acceptors (Lipinski definition) is 4. The van der Waals surface area contributed by atoms with Gasteiger partial charge in [0.05, 0.1) is 18.7 Å². The lowest BCUT2D eigenvalue weighted by Crippen LogP contribution is -2.01. The van der Waals surface area contributed by atoms with Crippen LogP contribution in [0, 0.1) is 11.3 Å². The van der Waals surface area contributed by atoms with Crippen LogP contribution in [0.1, 0.15) is 16.7 Å². The van der Waals surface area contributed by atoms with Crippen LogP contribution in [0.15, 0.2) is 54.6 Å². The number of rotatable bonds is 5. The summed E-state index contributed by atoms with van der Waals surface area (Å²) in [5.74, 6) is 0.238. The van der Waals surface area contributed by atoms with Gasteiger partial charge >= 0.3 is 5.97 Å². The molecule has 110 valence electrons. The highest BCUT2D eigenvalue weighted by molar-refractivity contribution is 5.87. The minimum absolute atomic E-state index is 0.130. The molecule has 0 N–H and O–H groups in total. The van der Waals surface area contributed by atoms with Crippen LogP contribution >= 0.6 is 0 Å². The Kier molecular flexibility index (Phi) is 5.33. The van der Waals surface area contributed by atoms with Gasteiger partial charge in [-0.2, -0.15) is 5.26 Å². The van der Waals surface area contributed by atoms with Gasteiger partial charge in [-0.15, -0.1) is 0 Å². The normalized spacial score (nSPS) is 10.2. The van der Waals surface area contributed by atoms with Gasteiger partial charge in [0.1, 0.15) is 12.4 Å². The molecule has 22 heavy (non-hydrogen) atoms. The molecule has 0 unspecified atom stereocenters. The van der Waals surface area contributed by atoms with Gasteiger partial charge in [-0.3, -0.25) is 0 Å². The summed E-state index contributed by atoms with van der Waals surface area (Å²) in [6.45, 7) is 0.130. The average Bonchev–Trinajstić information content (AvgIpc) is 2.58. The van der Waals surface area contributed by atoms with Gasteiger partial charge < -0.3 is 9.47 Å².